The van der Waals surface area contributed by atoms with E-state index in [-0.39, 0.29) is 12.6 Å². The van der Waals surface area contributed by atoms with Crippen molar-refractivity contribution >= 4 is 23.3 Å². The highest BCUT2D eigenvalue weighted by Gasteiger charge is 2.31. The van der Waals surface area contributed by atoms with Crippen molar-refractivity contribution in [1.29, 1.82) is 0 Å². The predicted molar refractivity (Wildman–Crippen MR) is 94.4 cm³/mol. The summed E-state index contributed by atoms with van der Waals surface area (Å²) in [7, 11) is 0. The summed E-state index contributed by atoms with van der Waals surface area (Å²) in [6.45, 7) is 0.711. The summed E-state index contributed by atoms with van der Waals surface area (Å²) in [5, 5.41) is 5.80. The van der Waals surface area contributed by atoms with Crippen molar-refractivity contribution in [2.75, 3.05) is 11.4 Å². The standard InChI is InChI=1S/C17H17N5O3S/c23-16(12-5-1-2-9-22(12)17-18-7-4-8-19-17)24-11-14-20-15(25-21-14)13-6-3-10-26-13/h3-4,6-8,10,12H,1-2,5,9,11H2. The van der Waals surface area contributed by atoms with Crippen LogP contribution >= 0.6 is 11.3 Å². The normalized spacial score (nSPS) is 17.2. The lowest BCUT2D eigenvalue weighted by molar-refractivity contribution is -0.147. The van der Waals surface area contributed by atoms with Gasteiger partial charge in [0.15, 0.2) is 6.61 Å². The fourth-order valence-corrected chi connectivity index (χ4v) is 3.54. The Bertz CT molecular complexity index is 852. The molecule has 0 saturated carbocycles. The Morgan fingerprint density at radius 3 is 3.00 bits per heavy atom. The molecule has 1 fully saturated rings. The average Bonchev–Trinajstić information content (AvgIpc) is 3.38. The lowest BCUT2D eigenvalue weighted by atomic mass is 10.0. The van der Waals surface area contributed by atoms with E-state index >= 15 is 0 Å². The number of anilines is 1. The molecule has 8 nitrogen and oxygen atoms in total. The molecule has 4 heterocycles. The lowest BCUT2D eigenvalue weighted by Crippen LogP contribution is -2.46. The SMILES string of the molecule is O=C(OCc1noc(-c2cccs2)n1)C1CCCCN1c1ncccn1. The number of esters is 1. The Morgan fingerprint density at radius 2 is 2.19 bits per heavy atom. The van der Waals surface area contributed by atoms with Gasteiger partial charge in [0, 0.05) is 18.9 Å². The van der Waals surface area contributed by atoms with E-state index in [0.717, 1.165) is 24.3 Å². The highest BCUT2D eigenvalue weighted by molar-refractivity contribution is 7.13. The zero-order valence-electron chi connectivity index (χ0n) is 13.9. The number of aromatic nitrogens is 4. The molecule has 3 aromatic heterocycles. The Kier molecular flexibility index (Phi) is 4.87. The molecule has 1 unspecified atom stereocenters. The molecular weight excluding hydrogens is 354 g/mol. The van der Waals surface area contributed by atoms with E-state index in [1.807, 2.05) is 22.4 Å². The number of carbonyl (C=O) groups is 1. The summed E-state index contributed by atoms with van der Waals surface area (Å²) >= 11 is 1.51. The van der Waals surface area contributed by atoms with Crippen molar-refractivity contribution in [3.8, 4) is 10.8 Å². The summed E-state index contributed by atoms with van der Waals surface area (Å²) in [5.74, 6) is 1.01. The van der Waals surface area contributed by atoms with Gasteiger partial charge in [-0.05, 0) is 36.8 Å². The number of thiophene rings is 1. The van der Waals surface area contributed by atoms with Crippen LogP contribution in [0, 0.1) is 0 Å². The van der Waals surface area contributed by atoms with E-state index < -0.39 is 6.04 Å². The first-order chi connectivity index (χ1) is 12.8. The van der Waals surface area contributed by atoms with E-state index in [9.17, 15) is 4.79 Å². The second-order valence-corrected chi connectivity index (χ2v) is 6.80. The third kappa shape index (κ3) is 3.57. The Morgan fingerprint density at radius 1 is 1.31 bits per heavy atom. The number of carbonyl (C=O) groups excluding carboxylic acids is 1. The molecule has 0 aromatic carbocycles. The molecule has 134 valence electrons. The van der Waals surface area contributed by atoms with Gasteiger partial charge in [0.05, 0.1) is 4.88 Å². The van der Waals surface area contributed by atoms with Gasteiger partial charge in [-0.1, -0.05) is 11.2 Å². The van der Waals surface area contributed by atoms with Gasteiger partial charge in [-0.15, -0.1) is 11.3 Å². The van der Waals surface area contributed by atoms with Crippen LogP contribution in [0.3, 0.4) is 0 Å². The maximum absolute atomic E-state index is 12.6. The number of hydrogen-bond donors (Lipinski definition) is 0. The van der Waals surface area contributed by atoms with E-state index in [2.05, 4.69) is 20.1 Å². The van der Waals surface area contributed by atoms with Gasteiger partial charge >= 0.3 is 5.97 Å². The third-order valence-corrected chi connectivity index (χ3v) is 4.99. The van der Waals surface area contributed by atoms with E-state index in [0.29, 0.717) is 24.1 Å². The van der Waals surface area contributed by atoms with E-state index in [1.54, 1.807) is 18.5 Å². The zero-order chi connectivity index (χ0) is 17.8. The molecule has 9 heteroatoms. The smallest absolute Gasteiger partial charge is 0.329 e. The number of piperidine rings is 1. The molecule has 1 aliphatic rings. The topological polar surface area (TPSA) is 94.2 Å². The quantitative estimate of drug-likeness (QED) is 0.632. The number of ether oxygens (including phenoxy) is 1. The fraction of sp³-hybridized carbons (Fsp3) is 0.353. The predicted octanol–water partition coefficient (Wildman–Crippen LogP) is 2.69. The molecule has 0 radical (unpaired) electrons. The van der Waals surface area contributed by atoms with Crippen LogP contribution in [0.4, 0.5) is 5.95 Å². The Labute approximate surface area is 153 Å². The van der Waals surface area contributed by atoms with Crippen LogP contribution in [0.1, 0.15) is 25.1 Å². The monoisotopic (exact) mass is 371 g/mol. The second kappa shape index (κ2) is 7.61. The van der Waals surface area contributed by atoms with Crippen molar-refractivity contribution in [1.82, 2.24) is 20.1 Å². The van der Waals surface area contributed by atoms with Gasteiger partial charge in [0.2, 0.25) is 11.8 Å². The van der Waals surface area contributed by atoms with Crippen LogP contribution in [0.25, 0.3) is 10.8 Å². The number of rotatable bonds is 5. The van der Waals surface area contributed by atoms with Crippen LogP contribution in [-0.2, 0) is 16.1 Å². The van der Waals surface area contributed by atoms with Gasteiger partial charge in [0.25, 0.3) is 5.89 Å². The molecule has 26 heavy (non-hydrogen) atoms. The van der Waals surface area contributed by atoms with Gasteiger partial charge < -0.3 is 14.2 Å². The van der Waals surface area contributed by atoms with Crippen molar-refractivity contribution in [2.45, 2.75) is 31.9 Å². The molecule has 3 aromatic rings. The zero-order valence-corrected chi connectivity index (χ0v) is 14.8. The summed E-state index contributed by atoms with van der Waals surface area (Å²) in [5.41, 5.74) is 0. The summed E-state index contributed by atoms with van der Waals surface area (Å²) < 4.78 is 10.6. The molecule has 0 aliphatic carbocycles. The second-order valence-electron chi connectivity index (χ2n) is 5.85. The van der Waals surface area contributed by atoms with Crippen LogP contribution in [-0.4, -0.2) is 38.7 Å². The third-order valence-electron chi connectivity index (χ3n) is 4.13. The summed E-state index contributed by atoms with van der Waals surface area (Å²) in [4.78, 5) is 28.1. The minimum absolute atomic E-state index is 0.0201. The fourth-order valence-electron chi connectivity index (χ4n) is 2.90. The van der Waals surface area contributed by atoms with Crippen LogP contribution < -0.4 is 4.90 Å². The molecule has 0 bridgehead atoms. The molecular formula is C17H17N5O3S. The van der Waals surface area contributed by atoms with E-state index in [4.69, 9.17) is 9.26 Å². The average molecular weight is 371 g/mol. The molecule has 1 aliphatic heterocycles. The number of hydrogen-bond acceptors (Lipinski definition) is 9. The van der Waals surface area contributed by atoms with Gasteiger partial charge in [-0.3, -0.25) is 0 Å². The largest absolute Gasteiger partial charge is 0.456 e. The van der Waals surface area contributed by atoms with Crippen LogP contribution in [0.2, 0.25) is 0 Å². The maximum atomic E-state index is 12.6. The maximum Gasteiger partial charge on any atom is 0.329 e. The highest BCUT2D eigenvalue weighted by Crippen LogP contribution is 2.24. The van der Waals surface area contributed by atoms with Crippen molar-refractivity contribution in [3.05, 3.63) is 41.8 Å². The minimum Gasteiger partial charge on any atom is -0.456 e. The Balaban J connectivity index is 1.40. The minimum atomic E-state index is -0.394. The van der Waals surface area contributed by atoms with E-state index in [1.165, 1.54) is 11.3 Å². The summed E-state index contributed by atoms with van der Waals surface area (Å²) in [6, 6.07) is 5.16. The molecule has 4 rings (SSSR count). The molecule has 0 spiro atoms. The molecule has 0 amide bonds. The van der Waals surface area contributed by atoms with Crippen molar-refractivity contribution < 1.29 is 14.1 Å². The summed E-state index contributed by atoms with van der Waals surface area (Å²) in [6.07, 6.45) is 6.02. The first-order valence-corrected chi connectivity index (χ1v) is 9.26. The Hall–Kier alpha value is -2.81. The molecule has 1 saturated heterocycles. The molecule has 0 N–H and O–H groups in total. The highest BCUT2D eigenvalue weighted by atomic mass is 32.1. The van der Waals surface area contributed by atoms with Crippen molar-refractivity contribution in [3.63, 3.8) is 0 Å². The lowest BCUT2D eigenvalue weighted by Gasteiger charge is -2.33. The van der Waals surface area contributed by atoms with Crippen molar-refractivity contribution in [2.24, 2.45) is 0 Å². The molecule has 1 atom stereocenters. The van der Waals surface area contributed by atoms with Gasteiger partial charge in [-0.25, -0.2) is 14.8 Å². The van der Waals surface area contributed by atoms with Crippen LogP contribution in [0.5, 0.6) is 0 Å². The van der Waals surface area contributed by atoms with Gasteiger partial charge in [0.1, 0.15) is 6.04 Å². The first-order valence-electron chi connectivity index (χ1n) is 8.38. The van der Waals surface area contributed by atoms with Gasteiger partial charge in [-0.2, -0.15) is 4.98 Å². The van der Waals surface area contributed by atoms with Crippen LogP contribution in [0.15, 0.2) is 40.5 Å². The first kappa shape index (κ1) is 16.6. The number of nitrogens with zero attached hydrogens (tertiary/aromatic N) is 5.